The van der Waals surface area contributed by atoms with Crippen molar-refractivity contribution >= 4 is 17.2 Å². The molecule has 1 aliphatic heterocycles. The van der Waals surface area contributed by atoms with Crippen LogP contribution in [0.2, 0.25) is 0 Å². The minimum Gasteiger partial charge on any atom is -0.337 e. The van der Waals surface area contributed by atoms with Crippen molar-refractivity contribution in [3.63, 3.8) is 0 Å². The highest BCUT2D eigenvalue weighted by molar-refractivity contribution is 7.14. The molecule has 24 heavy (non-hydrogen) atoms. The van der Waals surface area contributed by atoms with Crippen LogP contribution in [0.1, 0.15) is 39.0 Å². The fourth-order valence-electron chi connectivity index (χ4n) is 3.31. The SMILES string of the molecule is CCc1cc(C(=O)N2CCCN(Cc3ccccc3)CC2)sc1C. The Labute approximate surface area is 148 Å². The Hall–Kier alpha value is -1.65. The van der Waals surface area contributed by atoms with Crippen molar-refractivity contribution in [2.24, 2.45) is 0 Å². The van der Waals surface area contributed by atoms with Crippen LogP contribution in [0.15, 0.2) is 36.4 Å². The van der Waals surface area contributed by atoms with Crippen molar-refractivity contribution in [2.45, 2.75) is 33.2 Å². The third kappa shape index (κ3) is 4.05. The standard InChI is InChI=1S/C20H26N2OS/c1-3-18-14-19(24-16(18)2)20(23)22-11-7-10-21(12-13-22)15-17-8-5-4-6-9-17/h4-6,8-9,14H,3,7,10-13,15H2,1-2H3. The fraction of sp³-hybridized carbons (Fsp3) is 0.450. The van der Waals surface area contributed by atoms with Crippen LogP contribution in [-0.4, -0.2) is 41.9 Å². The molecule has 0 bridgehead atoms. The maximum atomic E-state index is 12.8. The molecule has 0 N–H and O–H groups in total. The molecule has 3 nitrogen and oxygen atoms in total. The van der Waals surface area contributed by atoms with E-state index in [9.17, 15) is 4.79 Å². The van der Waals surface area contributed by atoms with Gasteiger partial charge >= 0.3 is 0 Å². The van der Waals surface area contributed by atoms with E-state index in [-0.39, 0.29) is 5.91 Å². The quantitative estimate of drug-likeness (QED) is 0.839. The summed E-state index contributed by atoms with van der Waals surface area (Å²) in [6.07, 6.45) is 2.05. The number of nitrogens with zero attached hydrogens (tertiary/aromatic N) is 2. The van der Waals surface area contributed by atoms with E-state index >= 15 is 0 Å². The van der Waals surface area contributed by atoms with Crippen LogP contribution in [0.4, 0.5) is 0 Å². The highest BCUT2D eigenvalue weighted by atomic mass is 32.1. The largest absolute Gasteiger partial charge is 0.337 e. The molecule has 2 aromatic rings. The summed E-state index contributed by atoms with van der Waals surface area (Å²) < 4.78 is 0. The van der Waals surface area contributed by atoms with Gasteiger partial charge in [-0.1, -0.05) is 37.3 Å². The van der Waals surface area contributed by atoms with E-state index in [0.717, 1.165) is 50.4 Å². The molecule has 1 saturated heterocycles. The van der Waals surface area contributed by atoms with Gasteiger partial charge in [0.2, 0.25) is 0 Å². The molecule has 0 unspecified atom stereocenters. The van der Waals surface area contributed by atoms with Crippen LogP contribution in [0.3, 0.4) is 0 Å². The number of hydrogen-bond acceptors (Lipinski definition) is 3. The van der Waals surface area contributed by atoms with E-state index in [1.54, 1.807) is 11.3 Å². The van der Waals surface area contributed by atoms with Gasteiger partial charge in [-0.05, 0) is 37.0 Å². The van der Waals surface area contributed by atoms with Gasteiger partial charge in [-0.15, -0.1) is 11.3 Å². The molecule has 0 aliphatic carbocycles. The van der Waals surface area contributed by atoms with Gasteiger partial charge < -0.3 is 4.90 Å². The molecule has 1 aromatic heterocycles. The van der Waals surface area contributed by atoms with Crippen molar-refractivity contribution in [3.8, 4) is 0 Å². The summed E-state index contributed by atoms with van der Waals surface area (Å²) in [7, 11) is 0. The van der Waals surface area contributed by atoms with Gasteiger partial charge in [0.25, 0.3) is 5.91 Å². The summed E-state index contributed by atoms with van der Waals surface area (Å²) in [5.41, 5.74) is 2.66. The summed E-state index contributed by atoms with van der Waals surface area (Å²) in [6.45, 7) is 8.93. The second kappa shape index (κ2) is 7.95. The second-order valence-corrected chi connectivity index (χ2v) is 7.71. The van der Waals surface area contributed by atoms with Crippen molar-refractivity contribution in [3.05, 3.63) is 57.3 Å². The summed E-state index contributed by atoms with van der Waals surface area (Å²) >= 11 is 1.65. The Balaban J connectivity index is 1.61. The summed E-state index contributed by atoms with van der Waals surface area (Å²) in [4.78, 5) is 19.5. The minimum atomic E-state index is 0.212. The maximum Gasteiger partial charge on any atom is 0.263 e. The Kier molecular flexibility index (Phi) is 5.69. The van der Waals surface area contributed by atoms with Crippen molar-refractivity contribution in [1.29, 1.82) is 0 Å². The molecule has 1 aliphatic rings. The topological polar surface area (TPSA) is 23.6 Å². The lowest BCUT2D eigenvalue weighted by atomic mass is 10.2. The van der Waals surface area contributed by atoms with Crippen LogP contribution < -0.4 is 0 Å². The first-order chi connectivity index (χ1) is 11.7. The van der Waals surface area contributed by atoms with E-state index in [2.05, 4.69) is 55.1 Å². The van der Waals surface area contributed by atoms with Crippen LogP contribution in [0.5, 0.6) is 0 Å². The number of hydrogen-bond donors (Lipinski definition) is 0. The first-order valence-corrected chi connectivity index (χ1v) is 9.64. The first kappa shape index (κ1) is 17.2. The van der Waals surface area contributed by atoms with Gasteiger partial charge in [-0.25, -0.2) is 0 Å². The number of carbonyl (C=O) groups is 1. The molecule has 1 aromatic carbocycles. The predicted molar refractivity (Wildman–Crippen MR) is 101 cm³/mol. The van der Waals surface area contributed by atoms with Crippen molar-refractivity contribution in [2.75, 3.05) is 26.2 Å². The third-order valence-electron chi connectivity index (χ3n) is 4.74. The lowest BCUT2D eigenvalue weighted by molar-refractivity contribution is 0.0766. The van der Waals surface area contributed by atoms with Gasteiger partial charge in [0.15, 0.2) is 0 Å². The lowest BCUT2D eigenvalue weighted by Crippen LogP contribution is -2.34. The molecule has 0 atom stereocenters. The molecule has 128 valence electrons. The normalized spacial score (nSPS) is 16.2. The molecule has 2 heterocycles. The molecule has 0 spiro atoms. The van der Waals surface area contributed by atoms with E-state index in [0.29, 0.717) is 0 Å². The van der Waals surface area contributed by atoms with Gasteiger partial charge in [-0.3, -0.25) is 9.69 Å². The van der Waals surface area contributed by atoms with Gasteiger partial charge in [0.05, 0.1) is 4.88 Å². The number of rotatable bonds is 4. The lowest BCUT2D eigenvalue weighted by Gasteiger charge is -2.21. The highest BCUT2D eigenvalue weighted by Crippen LogP contribution is 2.24. The Morgan fingerprint density at radius 1 is 1.12 bits per heavy atom. The Morgan fingerprint density at radius 3 is 2.62 bits per heavy atom. The number of carbonyl (C=O) groups excluding carboxylic acids is 1. The van der Waals surface area contributed by atoms with E-state index in [4.69, 9.17) is 0 Å². The third-order valence-corrected chi connectivity index (χ3v) is 5.82. The molecule has 4 heteroatoms. The minimum absolute atomic E-state index is 0.212. The van der Waals surface area contributed by atoms with E-state index in [1.807, 2.05) is 4.90 Å². The number of thiophene rings is 1. The Morgan fingerprint density at radius 2 is 1.92 bits per heavy atom. The Bertz CT molecular complexity index is 680. The van der Waals surface area contributed by atoms with E-state index in [1.165, 1.54) is 16.0 Å². The van der Waals surface area contributed by atoms with Crippen molar-refractivity contribution in [1.82, 2.24) is 9.80 Å². The number of amides is 1. The molecular formula is C20H26N2OS. The molecule has 3 rings (SSSR count). The zero-order valence-electron chi connectivity index (χ0n) is 14.6. The number of aryl methyl sites for hydroxylation is 2. The molecule has 0 saturated carbocycles. The van der Waals surface area contributed by atoms with E-state index < -0.39 is 0 Å². The van der Waals surface area contributed by atoms with Gasteiger partial charge in [0.1, 0.15) is 0 Å². The van der Waals surface area contributed by atoms with Crippen molar-refractivity contribution < 1.29 is 4.79 Å². The molecule has 0 radical (unpaired) electrons. The second-order valence-electron chi connectivity index (χ2n) is 6.45. The highest BCUT2D eigenvalue weighted by Gasteiger charge is 2.22. The fourth-order valence-corrected chi connectivity index (χ4v) is 4.39. The van der Waals surface area contributed by atoms with Crippen LogP contribution >= 0.6 is 11.3 Å². The van der Waals surface area contributed by atoms with Crippen LogP contribution in [-0.2, 0) is 13.0 Å². The average molecular weight is 343 g/mol. The van der Waals surface area contributed by atoms with Gasteiger partial charge in [-0.2, -0.15) is 0 Å². The average Bonchev–Trinajstić information content (AvgIpc) is 2.83. The first-order valence-electron chi connectivity index (χ1n) is 8.82. The summed E-state index contributed by atoms with van der Waals surface area (Å²) in [5, 5.41) is 0. The molecule has 1 amide bonds. The van der Waals surface area contributed by atoms with Crippen LogP contribution in [0, 0.1) is 6.92 Å². The maximum absolute atomic E-state index is 12.8. The monoisotopic (exact) mass is 342 g/mol. The van der Waals surface area contributed by atoms with Gasteiger partial charge in [0, 0.05) is 37.6 Å². The van der Waals surface area contributed by atoms with Crippen LogP contribution in [0.25, 0.3) is 0 Å². The summed E-state index contributed by atoms with van der Waals surface area (Å²) in [6, 6.07) is 12.7. The molecular weight excluding hydrogens is 316 g/mol. The smallest absolute Gasteiger partial charge is 0.263 e. The zero-order valence-corrected chi connectivity index (χ0v) is 15.4. The summed E-state index contributed by atoms with van der Waals surface area (Å²) in [5.74, 6) is 0.212. The number of benzene rings is 1. The predicted octanol–water partition coefficient (Wildman–Crippen LogP) is 3.97. The zero-order chi connectivity index (χ0) is 16.9. The molecule has 1 fully saturated rings.